The minimum Gasteiger partial charge on any atom is -0.489 e. The van der Waals surface area contributed by atoms with Crippen LogP contribution in [0.5, 0.6) is 5.75 Å². The van der Waals surface area contributed by atoms with E-state index in [9.17, 15) is 14.4 Å². The predicted molar refractivity (Wildman–Crippen MR) is 142 cm³/mol. The van der Waals surface area contributed by atoms with Crippen molar-refractivity contribution in [3.63, 3.8) is 0 Å². The highest BCUT2D eigenvalue weighted by molar-refractivity contribution is 6.02. The van der Waals surface area contributed by atoms with Gasteiger partial charge < -0.3 is 19.7 Å². The van der Waals surface area contributed by atoms with Crippen LogP contribution in [-0.2, 0) is 9.53 Å². The summed E-state index contributed by atoms with van der Waals surface area (Å²) in [7, 11) is 1.62. The first-order valence-electron chi connectivity index (χ1n) is 12.5. The molecule has 0 spiro atoms. The smallest absolute Gasteiger partial charge is 0.276 e. The number of hydrogen-bond donors (Lipinski definition) is 1. The monoisotopic (exact) mass is 512 g/mol. The molecule has 3 heterocycles. The molecule has 2 amide bonds. The Morgan fingerprint density at radius 3 is 2.61 bits per heavy atom. The van der Waals surface area contributed by atoms with Crippen molar-refractivity contribution < 1.29 is 19.1 Å². The topological polar surface area (TPSA) is 103 Å². The van der Waals surface area contributed by atoms with Crippen molar-refractivity contribution in [3.8, 4) is 23.3 Å². The van der Waals surface area contributed by atoms with Gasteiger partial charge in [-0.3, -0.25) is 14.4 Å². The molecule has 1 atom stereocenters. The fourth-order valence-electron chi connectivity index (χ4n) is 4.47. The average molecular weight is 513 g/mol. The number of carbonyl (C=O) groups excluding carboxylic acids is 2. The maximum atomic E-state index is 13.3. The van der Waals surface area contributed by atoms with Gasteiger partial charge in [0.1, 0.15) is 18.4 Å². The van der Waals surface area contributed by atoms with Crippen molar-refractivity contribution in [2.24, 2.45) is 5.92 Å². The molecule has 0 bridgehead atoms. The number of benzene rings is 2. The zero-order valence-electron chi connectivity index (χ0n) is 21.3. The summed E-state index contributed by atoms with van der Waals surface area (Å²) in [4.78, 5) is 40.5. The highest BCUT2D eigenvalue weighted by Crippen LogP contribution is 2.31. The summed E-state index contributed by atoms with van der Waals surface area (Å²) in [5.41, 5.74) is 1.79. The summed E-state index contributed by atoms with van der Waals surface area (Å²) in [6, 6.07) is 15.0. The summed E-state index contributed by atoms with van der Waals surface area (Å²) in [6.45, 7) is 3.09. The number of nitrogens with one attached hydrogen (secondary N) is 1. The molecular formula is C29H28N4O5. The Balaban J connectivity index is 1.34. The van der Waals surface area contributed by atoms with Gasteiger partial charge in [-0.2, -0.15) is 5.10 Å². The molecule has 9 nitrogen and oxygen atoms in total. The van der Waals surface area contributed by atoms with Gasteiger partial charge in [0, 0.05) is 43.5 Å². The molecule has 0 saturated carbocycles. The lowest BCUT2D eigenvalue weighted by Gasteiger charge is -2.20. The number of anilines is 1. The zero-order chi connectivity index (χ0) is 26.6. The number of hydrogen-bond acceptors (Lipinski definition) is 6. The number of aryl methyl sites for hydroxylation is 1. The Kier molecular flexibility index (Phi) is 7.24. The van der Waals surface area contributed by atoms with E-state index in [2.05, 4.69) is 22.3 Å². The Hall–Kier alpha value is -4.42. The molecule has 1 saturated heterocycles. The first-order chi connectivity index (χ1) is 18.4. The summed E-state index contributed by atoms with van der Waals surface area (Å²) in [5.74, 6) is 6.18. The SMILES string of the molecule is Cc1cc(=O)c(C(=O)N[C@H]2COc3ccc(C#CC4CCOCC4)cc3N(C)C2=O)nn1-c1ccccc1. The van der Waals surface area contributed by atoms with Crippen molar-refractivity contribution in [2.45, 2.75) is 25.8 Å². The number of carbonyl (C=O) groups is 2. The van der Waals surface area contributed by atoms with Crippen molar-refractivity contribution in [2.75, 3.05) is 31.8 Å². The van der Waals surface area contributed by atoms with Gasteiger partial charge in [-0.15, -0.1) is 0 Å². The van der Waals surface area contributed by atoms with Gasteiger partial charge in [-0.1, -0.05) is 30.0 Å². The van der Waals surface area contributed by atoms with E-state index in [1.54, 1.807) is 20.0 Å². The van der Waals surface area contributed by atoms with E-state index in [1.807, 2.05) is 42.5 Å². The maximum Gasteiger partial charge on any atom is 0.276 e. The maximum absolute atomic E-state index is 13.3. The molecule has 0 unspecified atom stereocenters. The minimum atomic E-state index is -1.01. The number of amides is 2. The molecule has 2 aromatic carbocycles. The van der Waals surface area contributed by atoms with Crippen molar-refractivity contribution in [3.05, 3.63) is 81.8 Å². The van der Waals surface area contributed by atoms with Gasteiger partial charge in [0.25, 0.3) is 11.8 Å². The molecule has 1 aromatic heterocycles. The second-order valence-corrected chi connectivity index (χ2v) is 9.32. The summed E-state index contributed by atoms with van der Waals surface area (Å²) in [5, 5.41) is 6.93. The molecule has 2 aliphatic heterocycles. The van der Waals surface area contributed by atoms with Gasteiger partial charge >= 0.3 is 0 Å². The van der Waals surface area contributed by atoms with E-state index in [0.717, 1.165) is 31.6 Å². The summed E-state index contributed by atoms with van der Waals surface area (Å²) >= 11 is 0. The zero-order valence-corrected chi connectivity index (χ0v) is 21.3. The number of ether oxygens (including phenoxy) is 2. The Morgan fingerprint density at radius 1 is 1.08 bits per heavy atom. The molecule has 2 aliphatic rings. The molecule has 9 heteroatoms. The number of para-hydroxylation sites is 1. The molecule has 194 valence electrons. The number of aromatic nitrogens is 2. The van der Waals surface area contributed by atoms with Crippen LogP contribution >= 0.6 is 0 Å². The fraction of sp³-hybridized carbons (Fsp3) is 0.310. The fourth-order valence-corrected chi connectivity index (χ4v) is 4.47. The second-order valence-electron chi connectivity index (χ2n) is 9.32. The van der Waals surface area contributed by atoms with Crippen LogP contribution in [0.25, 0.3) is 5.69 Å². The first-order valence-corrected chi connectivity index (χ1v) is 12.5. The lowest BCUT2D eigenvalue weighted by Crippen LogP contribution is -2.50. The largest absolute Gasteiger partial charge is 0.489 e. The Morgan fingerprint density at radius 2 is 1.84 bits per heavy atom. The standard InChI is InChI=1S/C29H28N4O5/c1-19-16-25(34)27(31-33(19)22-6-4-3-5-7-22)28(35)30-23-18-38-26-11-10-21(17-24(26)32(2)29(23)36)9-8-20-12-14-37-15-13-20/h3-7,10-11,16-17,20,23H,12-15,18H2,1-2H3,(H,30,35)/t23-/m0/s1. The Bertz CT molecular complexity index is 1480. The van der Waals surface area contributed by atoms with Gasteiger partial charge in [-0.25, -0.2) is 4.68 Å². The van der Waals surface area contributed by atoms with E-state index in [4.69, 9.17) is 9.47 Å². The quantitative estimate of drug-likeness (QED) is 0.541. The summed E-state index contributed by atoms with van der Waals surface area (Å²) in [6.07, 6.45) is 1.82. The highest BCUT2D eigenvalue weighted by Gasteiger charge is 2.32. The van der Waals surface area contributed by atoms with E-state index >= 15 is 0 Å². The third kappa shape index (κ3) is 5.31. The van der Waals surface area contributed by atoms with Crippen LogP contribution in [0.2, 0.25) is 0 Å². The molecule has 38 heavy (non-hydrogen) atoms. The van der Waals surface area contributed by atoms with E-state index in [-0.39, 0.29) is 18.2 Å². The van der Waals surface area contributed by atoms with E-state index in [1.165, 1.54) is 15.6 Å². The van der Waals surface area contributed by atoms with Crippen LogP contribution in [0.15, 0.2) is 59.4 Å². The van der Waals surface area contributed by atoms with Gasteiger partial charge in [0.15, 0.2) is 5.69 Å². The van der Waals surface area contributed by atoms with E-state index < -0.39 is 17.4 Å². The molecule has 1 N–H and O–H groups in total. The minimum absolute atomic E-state index is 0.0895. The first kappa shape index (κ1) is 25.2. The molecule has 0 radical (unpaired) electrons. The number of likely N-dealkylation sites (N-methyl/N-ethyl adjacent to an activating group) is 1. The van der Waals surface area contributed by atoms with Gasteiger partial charge in [-0.05, 0) is 50.1 Å². The number of rotatable bonds is 3. The molecule has 3 aromatic rings. The lowest BCUT2D eigenvalue weighted by atomic mass is 10.0. The van der Waals surface area contributed by atoms with Crippen LogP contribution in [0, 0.1) is 24.7 Å². The predicted octanol–water partition coefficient (Wildman–Crippen LogP) is 2.47. The van der Waals surface area contributed by atoms with Crippen LogP contribution in [-0.4, -0.2) is 54.5 Å². The number of fused-ring (bicyclic) bond motifs is 1. The normalized spacial score (nSPS) is 17.5. The molecule has 1 fully saturated rings. The van der Waals surface area contributed by atoms with Gasteiger partial charge in [0.2, 0.25) is 5.43 Å². The van der Waals surface area contributed by atoms with Crippen molar-refractivity contribution in [1.82, 2.24) is 15.1 Å². The van der Waals surface area contributed by atoms with Crippen LogP contribution < -0.4 is 20.4 Å². The average Bonchev–Trinajstić information content (AvgIpc) is 3.05. The van der Waals surface area contributed by atoms with Crippen LogP contribution in [0.1, 0.15) is 34.6 Å². The number of nitrogens with zero attached hydrogens (tertiary/aromatic N) is 3. The third-order valence-corrected chi connectivity index (χ3v) is 6.63. The molecule has 0 aliphatic carbocycles. The summed E-state index contributed by atoms with van der Waals surface area (Å²) < 4.78 is 12.8. The lowest BCUT2D eigenvalue weighted by molar-refractivity contribution is -0.120. The van der Waals surface area contributed by atoms with Gasteiger partial charge in [0.05, 0.1) is 11.4 Å². The van der Waals surface area contributed by atoms with Crippen LogP contribution in [0.3, 0.4) is 0 Å². The highest BCUT2D eigenvalue weighted by atomic mass is 16.5. The van der Waals surface area contributed by atoms with Crippen LogP contribution in [0.4, 0.5) is 5.69 Å². The Labute approximate surface area is 220 Å². The molecule has 5 rings (SSSR count). The van der Waals surface area contributed by atoms with E-state index in [0.29, 0.717) is 28.7 Å². The molecular weight excluding hydrogens is 484 g/mol. The van der Waals surface area contributed by atoms with Crippen molar-refractivity contribution in [1.29, 1.82) is 0 Å². The third-order valence-electron chi connectivity index (χ3n) is 6.63. The second kappa shape index (κ2) is 10.9. The van der Waals surface area contributed by atoms with Crippen molar-refractivity contribution >= 4 is 17.5 Å².